The highest BCUT2D eigenvalue weighted by Gasteiger charge is 2.24. The number of hydrogen-bond acceptors (Lipinski definition) is 5. The summed E-state index contributed by atoms with van der Waals surface area (Å²) in [6.07, 6.45) is -1.02. The first-order valence-electron chi connectivity index (χ1n) is 11.1. The van der Waals surface area contributed by atoms with E-state index in [1.807, 2.05) is 36.4 Å². The average Bonchev–Trinajstić information content (AvgIpc) is 3.28. The molecule has 4 rings (SSSR count). The van der Waals surface area contributed by atoms with E-state index < -0.39 is 15.9 Å². The Morgan fingerprint density at radius 3 is 2.22 bits per heavy atom. The standard InChI is InChI=1S/C27H23Cl2NO4S2/c1-2-36(33,34)19-13-11-17(12-14-19)15-23(31)30-24-16-20(18-7-4-3-5-8-18)27(35-24)26(32)25-21(28)9-6-10-22(25)29/h3-14,16,26,32H,2,15H2,1H3,(H,30,31). The van der Waals surface area contributed by atoms with Crippen LogP contribution in [-0.4, -0.2) is 25.2 Å². The maximum atomic E-state index is 12.8. The van der Waals surface area contributed by atoms with Gasteiger partial charge in [-0.05, 0) is 41.5 Å². The minimum atomic E-state index is -3.30. The lowest BCUT2D eigenvalue weighted by molar-refractivity contribution is -0.115. The second kappa shape index (κ2) is 11.2. The Morgan fingerprint density at radius 2 is 1.61 bits per heavy atom. The number of thiophene rings is 1. The zero-order valence-electron chi connectivity index (χ0n) is 19.2. The molecule has 0 aliphatic heterocycles. The molecule has 5 nitrogen and oxygen atoms in total. The molecule has 1 heterocycles. The molecular weight excluding hydrogens is 537 g/mol. The normalized spacial score (nSPS) is 12.3. The van der Waals surface area contributed by atoms with Crippen molar-refractivity contribution in [1.29, 1.82) is 0 Å². The topological polar surface area (TPSA) is 83.5 Å². The maximum Gasteiger partial charge on any atom is 0.229 e. The molecular formula is C27H23Cl2NO4S2. The van der Waals surface area contributed by atoms with Crippen LogP contribution in [0.5, 0.6) is 0 Å². The van der Waals surface area contributed by atoms with Crippen molar-refractivity contribution in [1.82, 2.24) is 0 Å². The van der Waals surface area contributed by atoms with Gasteiger partial charge in [0.2, 0.25) is 5.91 Å². The van der Waals surface area contributed by atoms with Crippen LogP contribution < -0.4 is 5.32 Å². The summed E-state index contributed by atoms with van der Waals surface area (Å²) in [5.41, 5.74) is 2.72. The van der Waals surface area contributed by atoms with Gasteiger partial charge in [0.15, 0.2) is 9.84 Å². The van der Waals surface area contributed by atoms with Crippen molar-refractivity contribution in [2.24, 2.45) is 0 Å². The summed E-state index contributed by atoms with van der Waals surface area (Å²) >= 11 is 14.0. The van der Waals surface area contributed by atoms with E-state index in [1.165, 1.54) is 23.5 Å². The van der Waals surface area contributed by atoms with Crippen molar-refractivity contribution in [3.05, 3.63) is 105 Å². The van der Waals surface area contributed by atoms with Crippen LogP contribution in [0.4, 0.5) is 5.00 Å². The van der Waals surface area contributed by atoms with Crippen LogP contribution in [0.3, 0.4) is 0 Å². The van der Waals surface area contributed by atoms with Crippen LogP contribution in [0.2, 0.25) is 10.0 Å². The smallest absolute Gasteiger partial charge is 0.229 e. The van der Waals surface area contributed by atoms with Crippen LogP contribution in [0.25, 0.3) is 11.1 Å². The molecule has 0 saturated heterocycles. The van der Waals surface area contributed by atoms with Crippen LogP contribution >= 0.6 is 34.5 Å². The molecule has 9 heteroatoms. The number of anilines is 1. The summed E-state index contributed by atoms with van der Waals surface area (Å²) in [7, 11) is -3.30. The molecule has 0 aliphatic carbocycles. The quantitative estimate of drug-likeness (QED) is 0.249. The SMILES string of the molecule is CCS(=O)(=O)c1ccc(CC(=O)Nc2cc(-c3ccccc3)c(C(O)c3c(Cl)cccc3Cl)s2)cc1. The Morgan fingerprint density at radius 1 is 0.972 bits per heavy atom. The molecule has 1 unspecified atom stereocenters. The van der Waals surface area contributed by atoms with Gasteiger partial charge in [-0.1, -0.05) is 78.7 Å². The molecule has 4 aromatic rings. The van der Waals surface area contributed by atoms with Gasteiger partial charge in [0.25, 0.3) is 0 Å². The minimum absolute atomic E-state index is 0.0164. The van der Waals surface area contributed by atoms with Crippen LogP contribution in [0.15, 0.2) is 83.8 Å². The van der Waals surface area contributed by atoms with Gasteiger partial charge in [0.05, 0.1) is 22.1 Å². The third-order valence-electron chi connectivity index (χ3n) is 5.66. The Hall–Kier alpha value is -2.68. The Kier molecular flexibility index (Phi) is 8.17. The second-order valence-electron chi connectivity index (χ2n) is 8.06. The number of nitrogens with one attached hydrogen (secondary N) is 1. The molecule has 0 saturated carbocycles. The highest BCUT2D eigenvalue weighted by Crippen LogP contribution is 2.44. The van der Waals surface area contributed by atoms with Gasteiger partial charge in [0.1, 0.15) is 6.10 Å². The summed E-state index contributed by atoms with van der Waals surface area (Å²) in [5, 5.41) is 15.4. The van der Waals surface area contributed by atoms with Crippen LogP contribution in [-0.2, 0) is 21.1 Å². The average molecular weight is 561 g/mol. The fourth-order valence-corrected chi connectivity index (χ4v) is 6.35. The molecule has 0 fully saturated rings. The number of benzene rings is 3. The van der Waals surface area contributed by atoms with Crippen LogP contribution in [0, 0.1) is 0 Å². The van der Waals surface area contributed by atoms with Gasteiger partial charge in [-0.2, -0.15) is 0 Å². The van der Waals surface area contributed by atoms with E-state index in [2.05, 4.69) is 5.32 Å². The largest absolute Gasteiger partial charge is 0.383 e. The summed E-state index contributed by atoms with van der Waals surface area (Å²) in [6, 6.07) is 22.7. The van der Waals surface area contributed by atoms with Gasteiger partial charge in [0, 0.05) is 26.0 Å². The van der Waals surface area contributed by atoms with Crippen molar-refractivity contribution < 1.29 is 18.3 Å². The number of rotatable bonds is 8. The van der Waals surface area contributed by atoms with E-state index in [0.717, 1.165) is 11.1 Å². The number of halogens is 2. The Balaban J connectivity index is 1.61. The predicted octanol–water partition coefficient (Wildman–Crippen LogP) is 6.78. The lowest BCUT2D eigenvalue weighted by atomic mass is 10.0. The summed E-state index contributed by atoms with van der Waals surface area (Å²) < 4.78 is 24.0. The highest BCUT2D eigenvalue weighted by atomic mass is 35.5. The Labute approximate surface area is 224 Å². The minimum Gasteiger partial charge on any atom is -0.383 e. The molecule has 1 atom stereocenters. The molecule has 0 radical (unpaired) electrons. The van der Waals surface area contributed by atoms with E-state index >= 15 is 0 Å². The maximum absolute atomic E-state index is 12.8. The molecule has 3 aromatic carbocycles. The third-order valence-corrected chi connectivity index (χ3v) is 9.17. The first kappa shape index (κ1) is 26.4. The van der Waals surface area contributed by atoms with E-state index in [0.29, 0.717) is 31.1 Å². The van der Waals surface area contributed by atoms with E-state index in [-0.39, 0.29) is 23.0 Å². The summed E-state index contributed by atoms with van der Waals surface area (Å²) in [5.74, 6) is -0.249. The molecule has 186 valence electrons. The predicted molar refractivity (Wildman–Crippen MR) is 147 cm³/mol. The van der Waals surface area contributed by atoms with Crippen molar-refractivity contribution >= 4 is 55.3 Å². The number of hydrogen-bond donors (Lipinski definition) is 2. The lowest BCUT2D eigenvalue weighted by Gasteiger charge is -2.15. The lowest BCUT2D eigenvalue weighted by Crippen LogP contribution is -2.13. The van der Waals surface area contributed by atoms with Gasteiger partial charge >= 0.3 is 0 Å². The van der Waals surface area contributed by atoms with Crippen molar-refractivity contribution in [2.75, 3.05) is 11.1 Å². The first-order valence-corrected chi connectivity index (χ1v) is 14.3. The third kappa shape index (κ3) is 5.82. The molecule has 0 aliphatic rings. The van der Waals surface area contributed by atoms with Crippen molar-refractivity contribution in [2.45, 2.75) is 24.3 Å². The highest BCUT2D eigenvalue weighted by molar-refractivity contribution is 7.91. The number of sulfone groups is 1. The number of carbonyl (C=O) groups excluding carboxylic acids is 1. The van der Waals surface area contributed by atoms with Crippen molar-refractivity contribution in [3.63, 3.8) is 0 Å². The molecule has 1 aromatic heterocycles. The van der Waals surface area contributed by atoms with E-state index in [4.69, 9.17) is 23.2 Å². The molecule has 0 bridgehead atoms. The number of amides is 1. The molecule has 36 heavy (non-hydrogen) atoms. The van der Waals surface area contributed by atoms with Gasteiger partial charge < -0.3 is 10.4 Å². The second-order valence-corrected chi connectivity index (χ2v) is 12.2. The molecule has 2 N–H and O–H groups in total. The van der Waals surface area contributed by atoms with E-state index in [1.54, 1.807) is 37.3 Å². The van der Waals surface area contributed by atoms with Gasteiger partial charge in [-0.3, -0.25) is 4.79 Å². The fraction of sp³-hybridized carbons (Fsp3) is 0.148. The summed E-state index contributed by atoms with van der Waals surface area (Å²) in [4.78, 5) is 13.6. The number of carbonyl (C=O) groups is 1. The summed E-state index contributed by atoms with van der Waals surface area (Å²) in [6.45, 7) is 1.59. The van der Waals surface area contributed by atoms with Gasteiger partial charge in [-0.25, -0.2) is 8.42 Å². The van der Waals surface area contributed by atoms with Gasteiger partial charge in [-0.15, -0.1) is 11.3 Å². The Bertz CT molecular complexity index is 1460. The number of aliphatic hydroxyl groups excluding tert-OH is 1. The first-order chi connectivity index (χ1) is 17.2. The van der Waals surface area contributed by atoms with E-state index in [9.17, 15) is 18.3 Å². The van der Waals surface area contributed by atoms with Crippen molar-refractivity contribution in [3.8, 4) is 11.1 Å². The monoisotopic (exact) mass is 559 g/mol. The molecule has 1 amide bonds. The zero-order chi connectivity index (χ0) is 25.9. The fourth-order valence-electron chi connectivity index (χ4n) is 3.76. The molecule has 0 spiro atoms. The number of aliphatic hydroxyl groups is 1. The zero-order valence-corrected chi connectivity index (χ0v) is 22.4. The van der Waals surface area contributed by atoms with Crippen LogP contribution in [0.1, 0.15) is 29.0 Å².